The summed E-state index contributed by atoms with van der Waals surface area (Å²) in [6.45, 7) is 0. The van der Waals surface area contributed by atoms with E-state index in [2.05, 4.69) is 20.7 Å². The molecule has 0 spiro atoms. The van der Waals surface area contributed by atoms with Gasteiger partial charge in [-0.15, -0.1) is 0 Å². The van der Waals surface area contributed by atoms with E-state index in [0.717, 1.165) is 5.56 Å². The van der Waals surface area contributed by atoms with Gasteiger partial charge in [-0.05, 0) is 33.6 Å². The Kier molecular flexibility index (Phi) is 3.35. The van der Waals surface area contributed by atoms with Crippen molar-refractivity contribution < 1.29 is 9.53 Å². The van der Waals surface area contributed by atoms with Crippen LogP contribution in [-0.4, -0.2) is 13.1 Å². The minimum Gasteiger partial charge on any atom is -0.469 e. The number of hydrogen-bond acceptors (Lipinski definition) is 4. The van der Waals surface area contributed by atoms with Gasteiger partial charge in [0.25, 0.3) is 0 Å². The largest absolute Gasteiger partial charge is 0.469 e. The number of nitrogens with two attached hydrogens (primary N) is 2. The van der Waals surface area contributed by atoms with Crippen LogP contribution >= 0.6 is 15.9 Å². The molecule has 76 valence electrons. The first kappa shape index (κ1) is 10.8. The lowest BCUT2D eigenvalue weighted by Gasteiger charge is -2.07. The Morgan fingerprint density at radius 1 is 1.50 bits per heavy atom. The smallest absolute Gasteiger partial charge is 0.310 e. The first-order valence-corrected chi connectivity index (χ1v) is 4.74. The van der Waals surface area contributed by atoms with Crippen molar-refractivity contribution >= 4 is 33.3 Å². The number of esters is 1. The van der Waals surface area contributed by atoms with Crippen LogP contribution in [0.2, 0.25) is 0 Å². The molecule has 5 heteroatoms. The van der Waals surface area contributed by atoms with Gasteiger partial charge in [-0.2, -0.15) is 0 Å². The van der Waals surface area contributed by atoms with Crippen molar-refractivity contribution in [3.05, 3.63) is 22.2 Å². The van der Waals surface area contributed by atoms with E-state index >= 15 is 0 Å². The van der Waals surface area contributed by atoms with Gasteiger partial charge in [-0.1, -0.05) is 0 Å². The van der Waals surface area contributed by atoms with Crippen LogP contribution in [0, 0.1) is 0 Å². The van der Waals surface area contributed by atoms with Gasteiger partial charge in [0.15, 0.2) is 0 Å². The second kappa shape index (κ2) is 4.32. The van der Waals surface area contributed by atoms with Crippen molar-refractivity contribution in [2.75, 3.05) is 18.6 Å². The predicted octanol–water partition coefficient (Wildman–Crippen LogP) is 1.33. The number of ether oxygens (including phenoxy) is 1. The van der Waals surface area contributed by atoms with E-state index in [1.54, 1.807) is 12.1 Å². The second-order valence-corrected chi connectivity index (χ2v) is 3.63. The zero-order chi connectivity index (χ0) is 10.7. The maximum atomic E-state index is 11.0. The fourth-order valence-corrected chi connectivity index (χ4v) is 1.46. The zero-order valence-corrected chi connectivity index (χ0v) is 9.30. The third kappa shape index (κ3) is 2.38. The molecule has 1 rings (SSSR count). The lowest BCUT2D eigenvalue weighted by Crippen LogP contribution is -2.06. The van der Waals surface area contributed by atoms with E-state index in [4.69, 9.17) is 11.5 Å². The minimum atomic E-state index is -0.323. The number of benzene rings is 1. The summed E-state index contributed by atoms with van der Waals surface area (Å²) in [6.07, 6.45) is 0.159. The molecule has 1 aromatic carbocycles. The summed E-state index contributed by atoms with van der Waals surface area (Å²) in [6, 6.07) is 3.32. The van der Waals surface area contributed by atoms with Gasteiger partial charge >= 0.3 is 5.97 Å². The first-order valence-electron chi connectivity index (χ1n) is 3.94. The first-order chi connectivity index (χ1) is 6.54. The van der Waals surface area contributed by atoms with Crippen LogP contribution in [0.4, 0.5) is 11.4 Å². The van der Waals surface area contributed by atoms with E-state index in [0.29, 0.717) is 15.8 Å². The molecule has 0 aliphatic heterocycles. The monoisotopic (exact) mass is 258 g/mol. The number of anilines is 2. The molecule has 0 aliphatic carbocycles. The summed E-state index contributed by atoms with van der Waals surface area (Å²) in [4.78, 5) is 11.0. The molecule has 0 atom stereocenters. The van der Waals surface area contributed by atoms with Crippen LogP contribution in [0.15, 0.2) is 16.6 Å². The number of hydrogen-bond donors (Lipinski definition) is 2. The Balaban J connectivity index is 3.02. The fraction of sp³-hybridized carbons (Fsp3) is 0.222. The maximum Gasteiger partial charge on any atom is 0.310 e. The van der Waals surface area contributed by atoms with E-state index < -0.39 is 0 Å². The van der Waals surface area contributed by atoms with Crippen molar-refractivity contribution in [2.24, 2.45) is 0 Å². The highest BCUT2D eigenvalue weighted by Gasteiger charge is 2.09. The SMILES string of the molecule is COC(=O)Cc1cc(N)cc(N)c1Br. The van der Waals surface area contributed by atoms with Crippen molar-refractivity contribution in [3.63, 3.8) is 0 Å². The van der Waals surface area contributed by atoms with E-state index in [1.165, 1.54) is 7.11 Å². The highest BCUT2D eigenvalue weighted by atomic mass is 79.9. The molecular formula is C9H11BrN2O2. The summed E-state index contributed by atoms with van der Waals surface area (Å²) < 4.78 is 5.24. The molecule has 0 saturated heterocycles. The Morgan fingerprint density at radius 3 is 2.71 bits per heavy atom. The quantitative estimate of drug-likeness (QED) is 0.620. The van der Waals surface area contributed by atoms with Crippen LogP contribution in [0.5, 0.6) is 0 Å². The van der Waals surface area contributed by atoms with E-state index in [9.17, 15) is 4.79 Å². The molecule has 0 radical (unpaired) electrons. The molecule has 0 fully saturated rings. The van der Waals surface area contributed by atoms with Gasteiger partial charge in [0.2, 0.25) is 0 Å². The lowest BCUT2D eigenvalue weighted by molar-refractivity contribution is -0.139. The summed E-state index contributed by atoms with van der Waals surface area (Å²) in [5, 5.41) is 0. The Bertz CT molecular complexity index is 366. The number of carbonyl (C=O) groups is 1. The predicted molar refractivity (Wildman–Crippen MR) is 58.7 cm³/mol. The van der Waals surface area contributed by atoms with Gasteiger partial charge < -0.3 is 16.2 Å². The Hall–Kier alpha value is -1.23. The number of halogens is 1. The molecule has 0 aromatic heterocycles. The molecule has 0 heterocycles. The van der Waals surface area contributed by atoms with E-state index in [-0.39, 0.29) is 12.4 Å². The van der Waals surface area contributed by atoms with Crippen LogP contribution in [0.3, 0.4) is 0 Å². The molecule has 14 heavy (non-hydrogen) atoms. The fourth-order valence-electron chi connectivity index (χ4n) is 1.09. The van der Waals surface area contributed by atoms with Crippen LogP contribution < -0.4 is 11.5 Å². The molecule has 0 saturated carbocycles. The standard InChI is InChI=1S/C9H11BrN2O2/c1-14-8(13)3-5-2-6(11)4-7(12)9(5)10/h2,4H,3,11-12H2,1H3. The Morgan fingerprint density at radius 2 is 2.14 bits per heavy atom. The molecule has 4 nitrogen and oxygen atoms in total. The lowest BCUT2D eigenvalue weighted by atomic mass is 10.1. The van der Waals surface area contributed by atoms with Crippen LogP contribution in [0.25, 0.3) is 0 Å². The van der Waals surface area contributed by atoms with Gasteiger partial charge in [0.05, 0.1) is 13.5 Å². The summed E-state index contributed by atoms with van der Waals surface area (Å²) >= 11 is 3.28. The molecule has 0 aliphatic rings. The molecule has 0 amide bonds. The normalized spacial score (nSPS) is 9.86. The Labute approximate surface area is 90.3 Å². The third-order valence-corrected chi connectivity index (χ3v) is 2.73. The molecule has 0 bridgehead atoms. The zero-order valence-electron chi connectivity index (χ0n) is 7.71. The highest BCUT2D eigenvalue weighted by Crippen LogP contribution is 2.27. The second-order valence-electron chi connectivity index (χ2n) is 2.84. The number of nitrogen functional groups attached to an aromatic ring is 2. The van der Waals surface area contributed by atoms with Gasteiger partial charge in [0, 0.05) is 15.8 Å². The average Bonchev–Trinajstić information content (AvgIpc) is 2.13. The topological polar surface area (TPSA) is 78.3 Å². The van der Waals surface area contributed by atoms with Gasteiger partial charge in [-0.25, -0.2) is 0 Å². The number of methoxy groups -OCH3 is 1. The third-order valence-electron chi connectivity index (χ3n) is 1.76. The molecule has 1 aromatic rings. The molecule has 4 N–H and O–H groups in total. The van der Waals surface area contributed by atoms with Crippen LogP contribution in [-0.2, 0) is 16.0 Å². The van der Waals surface area contributed by atoms with E-state index in [1.807, 2.05) is 0 Å². The van der Waals surface area contributed by atoms with Gasteiger partial charge in [0.1, 0.15) is 0 Å². The van der Waals surface area contributed by atoms with Crippen LogP contribution in [0.1, 0.15) is 5.56 Å². The number of rotatable bonds is 2. The van der Waals surface area contributed by atoms with Crippen molar-refractivity contribution in [2.45, 2.75) is 6.42 Å². The number of carbonyl (C=O) groups excluding carboxylic acids is 1. The van der Waals surface area contributed by atoms with Crippen molar-refractivity contribution in [3.8, 4) is 0 Å². The van der Waals surface area contributed by atoms with Crippen molar-refractivity contribution in [1.29, 1.82) is 0 Å². The maximum absolute atomic E-state index is 11.0. The minimum absolute atomic E-state index is 0.159. The van der Waals surface area contributed by atoms with Gasteiger partial charge in [-0.3, -0.25) is 4.79 Å². The van der Waals surface area contributed by atoms with Crippen molar-refractivity contribution in [1.82, 2.24) is 0 Å². The molecule has 0 unspecified atom stereocenters. The molecular weight excluding hydrogens is 248 g/mol. The summed E-state index contributed by atoms with van der Waals surface area (Å²) in [7, 11) is 1.34. The average molecular weight is 259 g/mol. The summed E-state index contributed by atoms with van der Waals surface area (Å²) in [5.41, 5.74) is 13.0. The highest BCUT2D eigenvalue weighted by molar-refractivity contribution is 9.10. The summed E-state index contributed by atoms with van der Waals surface area (Å²) in [5.74, 6) is -0.323.